The van der Waals surface area contributed by atoms with Gasteiger partial charge in [0, 0.05) is 6.10 Å². The lowest BCUT2D eigenvalue weighted by atomic mass is 10.3. The highest BCUT2D eigenvalue weighted by Gasteiger charge is 2.24. The van der Waals surface area contributed by atoms with Crippen LogP contribution in [0.2, 0.25) is 26.2 Å². The van der Waals surface area contributed by atoms with Crippen molar-refractivity contribution in [2.24, 2.45) is 0 Å². The molecule has 14 heavy (non-hydrogen) atoms. The number of rotatable bonds is 6. The van der Waals surface area contributed by atoms with E-state index in [0.29, 0.717) is 11.8 Å². The maximum absolute atomic E-state index is 6.02. The fraction of sp³-hybridized carbons (Fsp3) is 1.00. The molecule has 3 atom stereocenters. The predicted molar refractivity (Wildman–Crippen MR) is 67.7 cm³/mol. The van der Waals surface area contributed by atoms with Gasteiger partial charge in [0.15, 0.2) is 8.32 Å². The summed E-state index contributed by atoms with van der Waals surface area (Å²) < 4.78 is 12.0. The van der Waals surface area contributed by atoms with Crippen LogP contribution in [0.3, 0.4) is 0 Å². The van der Waals surface area contributed by atoms with Gasteiger partial charge in [-0.2, -0.15) is 0 Å². The molecule has 0 aromatic heterocycles. The molecule has 0 saturated heterocycles. The van der Waals surface area contributed by atoms with Crippen LogP contribution in [-0.4, -0.2) is 29.2 Å². The van der Waals surface area contributed by atoms with Crippen LogP contribution in [0.5, 0.6) is 0 Å². The van der Waals surface area contributed by atoms with Crippen LogP contribution < -0.4 is 0 Å². The lowest BCUT2D eigenvalue weighted by Gasteiger charge is -2.28. The highest BCUT2D eigenvalue weighted by atomic mass is 28.4. The van der Waals surface area contributed by atoms with Crippen molar-refractivity contribution < 1.29 is 8.85 Å². The first-order valence-electron chi connectivity index (χ1n) is 5.59. The largest absolute Gasteiger partial charge is 0.416 e. The van der Waals surface area contributed by atoms with E-state index in [1.165, 1.54) is 0 Å². The number of hydrogen-bond acceptors (Lipinski definition) is 2. The Labute approximate surface area is 91.9 Å². The van der Waals surface area contributed by atoms with Crippen molar-refractivity contribution in [3.63, 3.8) is 0 Å². The molecule has 0 spiro atoms. The van der Waals surface area contributed by atoms with Gasteiger partial charge in [0.2, 0.25) is 9.04 Å². The van der Waals surface area contributed by atoms with E-state index in [2.05, 4.69) is 47.0 Å². The van der Waals surface area contributed by atoms with Gasteiger partial charge in [-0.1, -0.05) is 6.92 Å². The monoisotopic (exact) mass is 234 g/mol. The van der Waals surface area contributed by atoms with E-state index in [4.69, 9.17) is 8.85 Å². The molecule has 0 radical (unpaired) electrons. The lowest BCUT2D eigenvalue weighted by Crippen LogP contribution is -2.41. The van der Waals surface area contributed by atoms with Crippen molar-refractivity contribution >= 4 is 17.4 Å². The Hall–Kier alpha value is 0.354. The van der Waals surface area contributed by atoms with E-state index in [-0.39, 0.29) is 0 Å². The van der Waals surface area contributed by atoms with Gasteiger partial charge in [0.25, 0.3) is 0 Å². The van der Waals surface area contributed by atoms with Gasteiger partial charge < -0.3 is 8.85 Å². The summed E-state index contributed by atoms with van der Waals surface area (Å²) in [6, 6.07) is 0. The van der Waals surface area contributed by atoms with Crippen molar-refractivity contribution in [1.29, 1.82) is 0 Å². The molecular formula is C10H26O2Si2. The minimum Gasteiger partial charge on any atom is -0.416 e. The van der Waals surface area contributed by atoms with Gasteiger partial charge in [-0.3, -0.25) is 0 Å². The van der Waals surface area contributed by atoms with Gasteiger partial charge in [-0.25, -0.2) is 0 Å². The van der Waals surface area contributed by atoms with E-state index >= 15 is 0 Å². The summed E-state index contributed by atoms with van der Waals surface area (Å²) in [5.74, 6) is 0. The van der Waals surface area contributed by atoms with Gasteiger partial charge in [0.1, 0.15) is 0 Å². The summed E-state index contributed by atoms with van der Waals surface area (Å²) in [5.41, 5.74) is 0.343. The molecule has 0 saturated carbocycles. The SMILES string of the molecule is CCC(C)O[SiH](C)C(C)O[Si](C)(C)C. The molecule has 0 rings (SSSR count). The maximum atomic E-state index is 6.02. The van der Waals surface area contributed by atoms with E-state index < -0.39 is 17.4 Å². The molecule has 3 unspecified atom stereocenters. The summed E-state index contributed by atoms with van der Waals surface area (Å²) >= 11 is 0. The third-order valence-electron chi connectivity index (χ3n) is 2.22. The van der Waals surface area contributed by atoms with Crippen LogP contribution >= 0.6 is 0 Å². The fourth-order valence-electron chi connectivity index (χ4n) is 1.23. The minimum absolute atomic E-state index is 0.343. The summed E-state index contributed by atoms with van der Waals surface area (Å²) in [7, 11) is -2.55. The van der Waals surface area contributed by atoms with E-state index in [1.54, 1.807) is 0 Å². The van der Waals surface area contributed by atoms with E-state index in [1.807, 2.05) is 0 Å². The molecule has 0 bridgehead atoms. The molecule has 0 N–H and O–H groups in total. The van der Waals surface area contributed by atoms with Gasteiger partial charge in [0.05, 0.1) is 5.73 Å². The van der Waals surface area contributed by atoms with Crippen molar-refractivity contribution in [3.05, 3.63) is 0 Å². The Kier molecular flexibility index (Phi) is 6.20. The normalized spacial score (nSPS) is 19.1. The highest BCUT2D eigenvalue weighted by Crippen LogP contribution is 2.11. The average Bonchev–Trinajstić information content (AvgIpc) is 2.00. The summed E-state index contributed by atoms with van der Waals surface area (Å²) in [6.07, 6.45) is 1.49. The fourth-order valence-corrected chi connectivity index (χ4v) is 5.48. The standard InChI is InChI=1S/C10H26O2Si2/c1-8-9(2)11-13(4)10(3)12-14(5,6)7/h9-10,13H,8H2,1-7H3. The number of hydrogen-bond donors (Lipinski definition) is 0. The Bertz CT molecular complexity index is 157. The van der Waals surface area contributed by atoms with Crippen molar-refractivity contribution in [2.45, 2.75) is 65.2 Å². The van der Waals surface area contributed by atoms with Gasteiger partial charge in [-0.05, 0) is 46.5 Å². The van der Waals surface area contributed by atoms with Gasteiger partial charge >= 0.3 is 0 Å². The topological polar surface area (TPSA) is 18.5 Å². The molecule has 0 aliphatic heterocycles. The quantitative estimate of drug-likeness (QED) is 0.658. The second kappa shape index (κ2) is 6.05. The summed E-state index contributed by atoms with van der Waals surface area (Å²) in [6.45, 7) is 15.4. The zero-order valence-corrected chi connectivity index (χ0v) is 12.9. The van der Waals surface area contributed by atoms with Crippen LogP contribution in [0.25, 0.3) is 0 Å². The van der Waals surface area contributed by atoms with Crippen LogP contribution in [0.4, 0.5) is 0 Å². The van der Waals surface area contributed by atoms with E-state index in [0.717, 1.165) is 6.42 Å². The smallest absolute Gasteiger partial charge is 0.201 e. The molecular weight excluding hydrogens is 208 g/mol. The minimum atomic E-state index is -1.39. The third kappa shape index (κ3) is 6.76. The van der Waals surface area contributed by atoms with Crippen LogP contribution in [0.15, 0.2) is 0 Å². The van der Waals surface area contributed by atoms with Crippen LogP contribution in [0, 0.1) is 0 Å². The molecule has 0 aromatic carbocycles. The average molecular weight is 234 g/mol. The molecule has 86 valence electrons. The molecule has 2 nitrogen and oxygen atoms in total. The van der Waals surface area contributed by atoms with Crippen molar-refractivity contribution in [2.75, 3.05) is 0 Å². The zero-order chi connectivity index (χ0) is 11.4. The van der Waals surface area contributed by atoms with Crippen molar-refractivity contribution in [1.82, 2.24) is 0 Å². The Balaban J connectivity index is 3.93. The molecule has 0 aromatic rings. The first-order chi connectivity index (χ1) is 6.26. The predicted octanol–water partition coefficient (Wildman–Crippen LogP) is 2.93. The lowest BCUT2D eigenvalue weighted by molar-refractivity contribution is 0.181. The second-order valence-corrected chi connectivity index (χ2v) is 12.1. The van der Waals surface area contributed by atoms with E-state index in [9.17, 15) is 0 Å². The molecule has 4 heteroatoms. The molecule has 0 aliphatic rings. The van der Waals surface area contributed by atoms with Crippen LogP contribution in [0.1, 0.15) is 27.2 Å². The summed E-state index contributed by atoms with van der Waals surface area (Å²) in [4.78, 5) is 0. The Morgan fingerprint density at radius 1 is 1.21 bits per heavy atom. The highest BCUT2D eigenvalue weighted by molar-refractivity contribution is 6.70. The maximum Gasteiger partial charge on any atom is 0.201 e. The Morgan fingerprint density at radius 2 is 1.71 bits per heavy atom. The first-order valence-corrected chi connectivity index (χ1v) is 11.3. The second-order valence-electron chi connectivity index (χ2n) is 5.00. The molecule has 0 aliphatic carbocycles. The van der Waals surface area contributed by atoms with Crippen molar-refractivity contribution in [3.8, 4) is 0 Å². The molecule has 0 amide bonds. The molecule has 0 fully saturated rings. The first kappa shape index (κ1) is 14.4. The zero-order valence-electron chi connectivity index (χ0n) is 10.8. The van der Waals surface area contributed by atoms with Gasteiger partial charge in [-0.15, -0.1) is 0 Å². The molecule has 0 heterocycles. The Morgan fingerprint density at radius 3 is 2.07 bits per heavy atom. The third-order valence-corrected chi connectivity index (χ3v) is 5.93. The van der Waals surface area contributed by atoms with Crippen LogP contribution in [-0.2, 0) is 8.85 Å². The summed E-state index contributed by atoms with van der Waals surface area (Å²) in [5, 5.41) is 0.